The van der Waals surface area contributed by atoms with Gasteiger partial charge in [0.1, 0.15) is 27.5 Å². The van der Waals surface area contributed by atoms with Crippen molar-refractivity contribution in [2.45, 2.75) is 63.8 Å². The summed E-state index contributed by atoms with van der Waals surface area (Å²) >= 11 is 1.20. The summed E-state index contributed by atoms with van der Waals surface area (Å²) in [4.78, 5) is 57.5. The maximum Gasteiger partial charge on any atom is 0.332 e. The molecule has 1 aliphatic rings. The fraction of sp³-hybridized carbons (Fsp3) is 0.341. The van der Waals surface area contributed by atoms with Crippen LogP contribution >= 0.6 is 11.3 Å². The lowest BCUT2D eigenvalue weighted by molar-refractivity contribution is -0.126. The van der Waals surface area contributed by atoms with Crippen LogP contribution in [0.2, 0.25) is 5.04 Å². The molecule has 12 nitrogen and oxygen atoms in total. The number of aryl methyl sites for hydroxylation is 1. The normalized spacial score (nSPS) is 15.5. The number of fused-ring (bicyclic) bond motifs is 1. The number of hydrogen-bond acceptors (Lipinski definition) is 9. The molecule has 1 amide bonds. The van der Waals surface area contributed by atoms with Crippen molar-refractivity contribution in [1.29, 1.82) is 0 Å². The minimum Gasteiger partial charge on any atom is -0.496 e. The number of benzene rings is 3. The van der Waals surface area contributed by atoms with Crippen LogP contribution in [0, 0.1) is 12.7 Å². The second-order valence-electron chi connectivity index (χ2n) is 14.9. The molecule has 3 aromatic carbocycles. The van der Waals surface area contributed by atoms with Crippen molar-refractivity contribution in [3.8, 4) is 10.8 Å². The monoisotopic (exact) mass is 796 g/mol. The van der Waals surface area contributed by atoms with E-state index in [-0.39, 0.29) is 32.0 Å². The maximum absolute atomic E-state index is 15.0. The van der Waals surface area contributed by atoms with Gasteiger partial charge in [-0.05, 0) is 53.4 Å². The van der Waals surface area contributed by atoms with E-state index in [0.717, 1.165) is 10.4 Å². The van der Waals surface area contributed by atoms with E-state index in [9.17, 15) is 19.2 Å². The summed E-state index contributed by atoms with van der Waals surface area (Å²) in [5.41, 5.74) is -0.133. The topological polar surface area (TPSA) is 134 Å². The fourth-order valence-electron chi connectivity index (χ4n) is 7.95. The van der Waals surface area contributed by atoms with E-state index in [1.54, 1.807) is 14.0 Å². The van der Waals surface area contributed by atoms with Gasteiger partial charge in [-0.1, -0.05) is 85.8 Å². The molecule has 1 unspecified atom stereocenters. The zero-order valence-electron chi connectivity index (χ0n) is 32.0. The number of ether oxygens (including phenoxy) is 2. The average Bonchev–Trinajstić information content (AvgIpc) is 3.93. The van der Waals surface area contributed by atoms with Crippen LogP contribution in [-0.2, 0) is 16.1 Å². The molecule has 3 aromatic heterocycles. The van der Waals surface area contributed by atoms with Crippen molar-refractivity contribution < 1.29 is 23.5 Å². The summed E-state index contributed by atoms with van der Waals surface area (Å²) < 4.78 is 30.0. The van der Waals surface area contributed by atoms with E-state index in [1.807, 2.05) is 60.7 Å². The quantitative estimate of drug-likeness (QED) is 0.124. The van der Waals surface area contributed by atoms with Crippen molar-refractivity contribution in [1.82, 2.24) is 29.0 Å². The van der Waals surface area contributed by atoms with Gasteiger partial charge < -0.3 is 19.2 Å². The third-order valence-corrected chi connectivity index (χ3v) is 16.8. The lowest BCUT2D eigenvalue weighted by Gasteiger charge is -2.41. The van der Waals surface area contributed by atoms with Crippen molar-refractivity contribution in [3.63, 3.8) is 0 Å². The molecule has 56 heavy (non-hydrogen) atoms. The van der Waals surface area contributed by atoms with Crippen molar-refractivity contribution in [2.24, 2.45) is 0 Å². The zero-order valence-corrected chi connectivity index (χ0v) is 33.8. The fourth-order valence-corrected chi connectivity index (χ4v) is 13.0. The summed E-state index contributed by atoms with van der Waals surface area (Å²) in [7, 11) is -0.163. The van der Waals surface area contributed by atoms with Crippen LogP contribution in [0.1, 0.15) is 56.4 Å². The van der Waals surface area contributed by atoms with E-state index >= 15 is 4.39 Å². The minimum absolute atomic E-state index is 0.00294. The third-order valence-electron chi connectivity index (χ3n) is 11.0. The maximum atomic E-state index is 15.0. The SMILES string of the molecule is COc1ccc(F)cc1[C@H](Cn1c(=O)n(C2CC(=O)N(C)C2)c(=O)c2c(C)c(-n3nccn3)sc21)OCCCC(C)(C)[Si](O)(c1ccccc1)c1ccccc1. The van der Waals surface area contributed by atoms with Gasteiger partial charge in [0.05, 0.1) is 37.5 Å². The van der Waals surface area contributed by atoms with E-state index in [4.69, 9.17) is 9.47 Å². The molecule has 6 aromatic rings. The first-order valence-electron chi connectivity index (χ1n) is 18.5. The second kappa shape index (κ2) is 15.7. The Balaban J connectivity index is 1.27. The molecule has 0 bridgehead atoms. The molecule has 2 atom stereocenters. The van der Waals surface area contributed by atoms with Gasteiger partial charge >= 0.3 is 5.69 Å². The van der Waals surface area contributed by atoms with Crippen LogP contribution in [-0.4, -0.2) is 75.4 Å². The van der Waals surface area contributed by atoms with Gasteiger partial charge in [-0.15, -0.1) is 4.80 Å². The Kier molecular flexibility index (Phi) is 11.0. The van der Waals surface area contributed by atoms with Gasteiger partial charge in [0, 0.05) is 37.7 Å². The van der Waals surface area contributed by atoms with Crippen LogP contribution in [0.25, 0.3) is 15.2 Å². The molecule has 4 heterocycles. The molecule has 1 fully saturated rings. The molecule has 1 aliphatic heterocycles. The van der Waals surface area contributed by atoms with Crippen LogP contribution < -0.4 is 26.4 Å². The molecule has 0 aliphatic carbocycles. The first kappa shape index (κ1) is 39.0. The number of likely N-dealkylation sites (N-methyl/N-ethyl adjacent to an activating group) is 1. The largest absolute Gasteiger partial charge is 0.496 e. The average molecular weight is 797 g/mol. The Hall–Kier alpha value is -5.22. The number of hydrogen-bond donors (Lipinski definition) is 1. The molecule has 292 valence electrons. The summed E-state index contributed by atoms with van der Waals surface area (Å²) in [5, 5.41) is 10.7. The number of carbonyl (C=O) groups excluding carboxylic acids is 1. The molecule has 0 spiro atoms. The number of rotatable bonds is 14. The van der Waals surface area contributed by atoms with Gasteiger partial charge in [-0.25, -0.2) is 9.18 Å². The molecule has 0 radical (unpaired) electrons. The number of thiophene rings is 1. The predicted molar refractivity (Wildman–Crippen MR) is 216 cm³/mol. The summed E-state index contributed by atoms with van der Waals surface area (Å²) in [6, 6.07) is 23.1. The smallest absolute Gasteiger partial charge is 0.332 e. The molecule has 1 saturated heterocycles. The first-order chi connectivity index (χ1) is 26.9. The Labute approximate surface area is 328 Å². The van der Waals surface area contributed by atoms with E-state index in [0.29, 0.717) is 44.9 Å². The number of nitrogens with zero attached hydrogens (tertiary/aromatic N) is 6. The van der Waals surface area contributed by atoms with Crippen LogP contribution in [0.15, 0.2) is 101 Å². The zero-order chi connectivity index (χ0) is 39.8. The molecular formula is C41H45FN6O6SSi. The van der Waals surface area contributed by atoms with Gasteiger partial charge in [0.15, 0.2) is 0 Å². The van der Waals surface area contributed by atoms with Crippen molar-refractivity contribution in [3.05, 3.63) is 129 Å². The number of methoxy groups -OCH3 is 1. The number of likely N-dealkylation sites (tertiary alicyclic amines) is 1. The Morgan fingerprint density at radius 1 is 1.00 bits per heavy atom. The van der Waals surface area contributed by atoms with Gasteiger partial charge in [-0.2, -0.15) is 10.2 Å². The lowest BCUT2D eigenvalue weighted by atomic mass is 10.1. The molecular weight excluding hydrogens is 752 g/mol. The van der Waals surface area contributed by atoms with Gasteiger partial charge in [0.2, 0.25) is 5.91 Å². The van der Waals surface area contributed by atoms with Crippen LogP contribution in [0.3, 0.4) is 0 Å². The van der Waals surface area contributed by atoms with E-state index < -0.39 is 42.6 Å². The van der Waals surface area contributed by atoms with Crippen molar-refractivity contribution >= 4 is 46.2 Å². The highest BCUT2D eigenvalue weighted by atomic mass is 32.1. The number of carbonyl (C=O) groups is 1. The molecule has 15 heteroatoms. The van der Waals surface area contributed by atoms with E-state index in [1.165, 1.54) is 67.9 Å². The Bertz CT molecular complexity index is 2430. The van der Waals surface area contributed by atoms with Gasteiger partial charge in [0.25, 0.3) is 13.9 Å². The lowest BCUT2D eigenvalue weighted by Crippen LogP contribution is -2.65. The summed E-state index contributed by atoms with van der Waals surface area (Å²) in [6.45, 7) is 6.25. The van der Waals surface area contributed by atoms with Gasteiger partial charge in [-0.3, -0.25) is 18.7 Å². The molecule has 7 rings (SSSR count). The first-order valence-corrected chi connectivity index (χ1v) is 21.3. The molecule has 1 N–H and O–H groups in total. The van der Waals surface area contributed by atoms with E-state index in [2.05, 4.69) is 24.0 Å². The van der Waals surface area contributed by atoms with Crippen LogP contribution in [0.4, 0.5) is 4.39 Å². The number of halogens is 1. The summed E-state index contributed by atoms with van der Waals surface area (Å²) in [6.07, 6.45) is 3.28. The van der Waals surface area contributed by atoms with Crippen molar-refractivity contribution in [2.75, 3.05) is 27.3 Å². The standard InChI is InChI=1S/C41H45FN6O6SSi/c1-27-36-37(50)47(29-24-35(49)45(4)25-29)40(51)46(39(36)55-38(27)48-43-20-21-44-48)26-34(32-23-28(42)17-18-33(32)53-5)54-22-12-19-41(2,3)56(52,30-13-8-6-9-14-30)31-15-10-7-11-16-31/h6-11,13-18,20-21,23,29,34,52H,12,19,22,24-26H2,1-5H3/t29?,34-/m0/s1. The summed E-state index contributed by atoms with van der Waals surface area (Å²) in [5.74, 6) is -0.304. The minimum atomic E-state index is -3.29. The van der Waals surface area contributed by atoms with Crippen LogP contribution in [0.5, 0.6) is 5.75 Å². The number of aromatic nitrogens is 5. The third kappa shape index (κ3) is 7.04. The Morgan fingerprint density at radius 3 is 2.23 bits per heavy atom. The highest BCUT2D eigenvalue weighted by Gasteiger charge is 2.49. The second-order valence-corrected chi connectivity index (χ2v) is 19.8. The predicted octanol–water partition coefficient (Wildman–Crippen LogP) is 4.74. The highest BCUT2D eigenvalue weighted by Crippen LogP contribution is 2.40. The molecule has 0 saturated carbocycles. The Morgan fingerprint density at radius 2 is 1.64 bits per heavy atom. The number of amides is 1. The highest BCUT2D eigenvalue weighted by molar-refractivity contribution is 7.21.